The third-order valence-corrected chi connectivity index (χ3v) is 4.22. The normalized spacial score (nSPS) is 16.6. The standard InChI is InChI=1S/C17H22N2O4/c1-22-8-7-19-14-6-4-3-5-13(14)9-15(19)16(20)18-10-17(21,11-18)12-23-2/h3-6,9,21H,7-8,10-12H2,1-2H3. The molecule has 1 N–H and O–H groups in total. The van der Waals surface area contributed by atoms with Crippen molar-refractivity contribution in [3.8, 4) is 0 Å². The molecule has 1 aromatic carbocycles. The molecule has 2 heterocycles. The van der Waals surface area contributed by atoms with Crippen LogP contribution in [0.5, 0.6) is 0 Å². The molecule has 1 amide bonds. The van der Waals surface area contributed by atoms with Crippen molar-refractivity contribution in [2.75, 3.05) is 40.5 Å². The summed E-state index contributed by atoms with van der Waals surface area (Å²) in [5.74, 6) is -0.0712. The Morgan fingerprint density at radius 1 is 1.26 bits per heavy atom. The van der Waals surface area contributed by atoms with Crippen LogP contribution in [0.1, 0.15) is 10.5 Å². The average Bonchev–Trinajstić information content (AvgIpc) is 2.88. The topological polar surface area (TPSA) is 63.9 Å². The zero-order valence-electron chi connectivity index (χ0n) is 13.5. The van der Waals surface area contributed by atoms with Gasteiger partial charge in [0.1, 0.15) is 11.3 Å². The smallest absolute Gasteiger partial charge is 0.270 e. The Morgan fingerprint density at radius 3 is 2.70 bits per heavy atom. The monoisotopic (exact) mass is 318 g/mol. The summed E-state index contributed by atoms with van der Waals surface area (Å²) in [6, 6.07) is 9.81. The lowest BCUT2D eigenvalue weighted by atomic mass is 9.95. The Labute approximate surface area is 135 Å². The summed E-state index contributed by atoms with van der Waals surface area (Å²) in [6.45, 7) is 1.98. The summed E-state index contributed by atoms with van der Waals surface area (Å²) in [5.41, 5.74) is 0.719. The van der Waals surface area contributed by atoms with Crippen molar-refractivity contribution in [1.29, 1.82) is 0 Å². The van der Waals surface area contributed by atoms with Gasteiger partial charge in [-0.2, -0.15) is 0 Å². The van der Waals surface area contributed by atoms with Crippen molar-refractivity contribution in [3.63, 3.8) is 0 Å². The van der Waals surface area contributed by atoms with Crippen molar-refractivity contribution >= 4 is 16.8 Å². The maximum absolute atomic E-state index is 12.8. The SMILES string of the molecule is COCCn1c(C(=O)N2CC(O)(COC)C2)cc2ccccc21. The van der Waals surface area contributed by atoms with Gasteiger partial charge in [-0.25, -0.2) is 0 Å². The molecule has 6 heteroatoms. The molecule has 0 unspecified atom stereocenters. The van der Waals surface area contributed by atoms with E-state index >= 15 is 0 Å². The van der Waals surface area contributed by atoms with E-state index in [0.29, 0.717) is 31.9 Å². The van der Waals surface area contributed by atoms with Crippen molar-refractivity contribution in [2.45, 2.75) is 12.1 Å². The molecule has 23 heavy (non-hydrogen) atoms. The van der Waals surface area contributed by atoms with E-state index in [1.807, 2.05) is 34.9 Å². The molecule has 0 radical (unpaired) electrons. The molecule has 0 spiro atoms. The highest BCUT2D eigenvalue weighted by molar-refractivity contribution is 5.99. The first-order valence-corrected chi connectivity index (χ1v) is 7.66. The van der Waals surface area contributed by atoms with Crippen LogP contribution in [0.3, 0.4) is 0 Å². The van der Waals surface area contributed by atoms with Crippen LogP contribution in [0.2, 0.25) is 0 Å². The number of benzene rings is 1. The van der Waals surface area contributed by atoms with Gasteiger partial charge in [-0.1, -0.05) is 18.2 Å². The van der Waals surface area contributed by atoms with Crippen LogP contribution in [0.15, 0.2) is 30.3 Å². The molecule has 0 aliphatic carbocycles. The van der Waals surface area contributed by atoms with Gasteiger partial charge in [-0.3, -0.25) is 4.79 Å². The van der Waals surface area contributed by atoms with Gasteiger partial charge in [0.05, 0.1) is 26.3 Å². The summed E-state index contributed by atoms with van der Waals surface area (Å²) in [4.78, 5) is 14.4. The number of β-amino-alcohol motifs (C(OH)–C–C–N with tert-alkyl or cyclic N) is 1. The fourth-order valence-electron chi connectivity index (χ4n) is 3.14. The molecule has 2 aromatic rings. The molecule has 3 rings (SSSR count). The highest BCUT2D eigenvalue weighted by Gasteiger charge is 2.44. The second-order valence-corrected chi connectivity index (χ2v) is 6.05. The fraction of sp³-hybridized carbons (Fsp3) is 0.471. The fourth-order valence-corrected chi connectivity index (χ4v) is 3.14. The number of hydrogen-bond donors (Lipinski definition) is 1. The number of aliphatic hydroxyl groups is 1. The Kier molecular flexibility index (Phi) is 4.39. The summed E-state index contributed by atoms with van der Waals surface area (Å²) >= 11 is 0. The van der Waals surface area contributed by atoms with Crippen molar-refractivity contribution in [2.24, 2.45) is 0 Å². The number of fused-ring (bicyclic) bond motifs is 1. The zero-order chi connectivity index (χ0) is 16.4. The van der Waals surface area contributed by atoms with Crippen LogP contribution < -0.4 is 0 Å². The van der Waals surface area contributed by atoms with Gasteiger partial charge in [-0.05, 0) is 12.1 Å². The molecule has 1 fully saturated rings. The van der Waals surface area contributed by atoms with E-state index in [-0.39, 0.29) is 12.5 Å². The van der Waals surface area contributed by atoms with E-state index in [2.05, 4.69) is 0 Å². The predicted octanol–water partition coefficient (Wildman–Crippen LogP) is 1.12. The first-order chi connectivity index (χ1) is 11.1. The van der Waals surface area contributed by atoms with E-state index in [1.54, 1.807) is 19.1 Å². The van der Waals surface area contributed by atoms with Crippen LogP contribution >= 0.6 is 0 Å². The molecule has 124 valence electrons. The number of aromatic nitrogens is 1. The van der Waals surface area contributed by atoms with Crippen LogP contribution in [0.25, 0.3) is 10.9 Å². The quantitative estimate of drug-likeness (QED) is 0.867. The second kappa shape index (κ2) is 6.31. The Bertz CT molecular complexity index is 704. The molecule has 1 aromatic heterocycles. The summed E-state index contributed by atoms with van der Waals surface area (Å²) < 4.78 is 12.1. The predicted molar refractivity (Wildman–Crippen MR) is 86.5 cm³/mol. The van der Waals surface area contributed by atoms with E-state index < -0.39 is 5.60 Å². The number of para-hydroxylation sites is 1. The van der Waals surface area contributed by atoms with Gasteiger partial charge in [0.25, 0.3) is 5.91 Å². The minimum Gasteiger partial charge on any atom is -0.384 e. The van der Waals surface area contributed by atoms with E-state index in [1.165, 1.54) is 0 Å². The Balaban J connectivity index is 1.86. The molecule has 0 saturated carbocycles. The number of methoxy groups -OCH3 is 2. The van der Waals surface area contributed by atoms with Gasteiger partial charge in [0.15, 0.2) is 0 Å². The second-order valence-electron chi connectivity index (χ2n) is 6.05. The van der Waals surface area contributed by atoms with Crippen LogP contribution in [0.4, 0.5) is 0 Å². The average molecular weight is 318 g/mol. The maximum Gasteiger partial charge on any atom is 0.270 e. The van der Waals surface area contributed by atoms with Crippen LogP contribution in [-0.2, 0) is 16.0 Å². The first kappa shape index (κ1) is 16.0. The number of likely N-dealkylation sites (tertiary alicyclic amines) is 1. The molecule has 0 atom stereocenters. The number of carbonyl (C=O) groups excluding carboxylic acids is 1. The third-order valence-electron chi connectivity index (χ3n) is 4.22. The lowest BCUT2D eigenvalue weighted by Gasteiger charge is -2.45. The summed E-state index contributed by atoms with van der Waals surface area (Å²) in [6.07, 6.45) is 0. The van der Waals surface area contributed by atoms with Crippen LogP contribution in [-0.4, -0.2) is 66.6 Å². The van der Waals surface area contributed by atoms with Crippen molar-refractivity contribution < 1.29 is 19.4 Å². The highest BCUT2D eigenvalue weighted by Crippen LogP contribution is 2.26. The number of hydrogen-bond acceptors (Lipinski definition) is 4. The number of nitrogens with zero attached hydrogens (tertiary/aromatic N) is 2. The molecular weight excluding hydrogens is 296 g/mol. The van der Waals surface area contributed by atoms with E-state index in [4.69, 9.17) is 9.47 Å². The molecule has 6 nitrogen and oxygen atoms in total. The lowest BCUT2D eigenvalue weighted by molar-refractivity contribution is -0.118. The number of amides is 1. The highest BCUT2D eigenvalue weighted by atomic mass is 16.5. The van der Waals surface area contributed by atoms with Gasteiger partial charge in [0.2, 0.25) is 0 Å². The maximum atomic E-state index is 12.8. The van der Waals surface area contributed by atoms with Gasteiger partial charge >= 0.3 is 0 Å². The van der Waals surface area contributed by atoms with Gasteiger partial charge < -0.3 is 24.0 Å². The zero-order valence-corrected chi connectivity index (χ0v) is 13.5. The third kappa shape index (κ3) is 2.97. The number of rotatable bonds is 6. The van der Waals surface area contributed by atoms with E-state index in [0.717, 1.165) is 10.9 Å². The minimum absolute atomic E-state index is 0.0712. The number of carbonyl (C=O) groups is 1. The van der Waals surface area contributed by atoms with Gasteiger partial charge in [-0.15, -0.1) is 0 Å². The molecule has 1 aliphatic rings. The Morgan fingerprint density at radius 2 is 2.00 bits per heavy atom. The molecular formula is C17H22N2O4. The first-order valence-electron chi connectivity index (χ1n) is 7.66. The molecule has 1 aliphatic heterocycles. The van der Waals surface area contributed by atoms with Crippen molar-refractivity contribution in [1.82, 2.24) is 9.47 Å². The van der Waals surface area contributed by atoms with E-state index in [9.17, 15) is 9.90 Å². The van der Waals surface area contributed by atoms with Crippen molar-refractivity contribution in [3.05, 3.63) is 36.0 Å². The Hall–Kier alpha value is -1.89. The van der Waals surface area contributed by atoms with Gasteiger partial charge in [0, 0.05) is 31.7 Å². The molecule has 0 bridgehead atoms. The minimum atomic E-state index is -0.923. The number of ether oxygens (including phenoxy) is 2. The summed E-state index contributed by atoms with van der Waals surface area (Å²) in [5, 5.41) is 11.2. The van der Waals surface area contributed by atoms with Crippen LogP contribution in [0, 0.1) is 0 Å². The molecule has 1 saturated heterocycles. The largest absolute Gasteiger partial charge is 0.384 e. The summed E-state index contributed by atoms with van der Waals surface area (Å²) in [7, 11) is 3.19. The lowest BCUT2D eigenvalue weighted by Crippen LogP contribution is -2.65.